The highest BCUT2D eigenvalue weighted by molar-refractivity contribution is 6.34. The molecule has 2 rings (SSSR count). The summed E-state index contributed by atoms with van der Waals surface area (Å²) >= 11 is 6.15. The molecule has 7 N–H and O–H groups in total. The number of carbonyl (C=O) groups excluding carboxylic acids is 3. The lowest BCUT2D eigenvalue weighted by Crippen LogP contribution is -2.48. The molecule has 0 saturated carbocycles. The number of amides is 3. The summed E-state index contributed by atoms with van der Waals surface area (Å²) in [5.41, 5.74) is 6.37. The van der Waals surface area contributed by atoms with E-state index in [1.807, 2.05) is 0 Å². The van der Waals surface area contributed by atoms with Crippen molar-refractivity contribution in [2.75, 3.05) is 6.54 Å². The third kappa shape index (κ3) is 8.09. The zero-order valence-electron chi connectivity index (χ0n) is 17.8. The van der Waals surface area contributed by atoms with Gasteiger partial charge in [-0.2, -0.15) is 0 Å². The number of carboxylic acids is 1. The van der Waals surface area contributed by atoms with Crippen molar-refractivity contribution in [3.63, 3.8) is 0 Å². The molecule has 2 atom stereocenters. The first-order valence-electron chi connectivity index (χ1n) is 9.98. The van der Waals surface area contributed by atoms with Crippen LogP contribution in [0.1, 0.15) is 39.6 Å². The Labute approximate surface area is 195 Å². The van der Waals surface area contributed by atoms with Crippen LogP contribution in [0.2, 0.25) is 5.02 Å². The van der Waals surface area contributed by atoms with Crippen molar-refractivity contribution in [2.24, 2.45) is 5.73 Å². The second-order valence-corrected chi connectivity index (χ2v) is 7.80. The van der Waals surface area contributed by atoms with Crippen molar-refractivity contribution in [1.29, 1.82) is 0 Å². The van der Waals surface area contributed by atoms with Gasteiger partial charge in [-0.1, -0.05) is 23.7 Å². The predicted molar refractivity (Wildman–Crippen MR) is 121 cm³/mol. The molecule has 0 aliphatic rings. The molecule has 0 radical (unpaired) electrons. The molecule has 10 nitrogen and oxygen atoms in total. The summed E-state index contributed by atoms with van der Waals surface area (Å²) in [4.78, 5) is 48.0. The van der Waals surface area contributed by atoms with Gasteiger partial charge in [-0.15, -0.1) is 0 Å². The van der Waals surface area contributed by atoms with Crippen molar-refractivity contribution in [1.82, 2.24) is 16.0 Å². The minimum absolute atomic E-state index is 0.0150. The number of aromatic hydroxyl groups is 1. The number of carboxylic acid groups (broad SMARTS) is 1. The molecular weight excluding hydrogens is 452 g/mol. The lowest BCUT2D eigenvalue weighted by molar-refractivity contribution is -0.139. The third-order valence-electron chi connectivity index (χ3n) is 4.45. The van der Waals surface area contributed by atoms with E-state index in [0.717, 1.165) is 0 Å². The Hall–Kier alpha value is -3.63. The zero-order chi connectivity index (χ0) is 24.5. The Kier molecular flexibility index (Phi) is 9.19. The van der Waals surface area contributed by atoms with Crippen molar-refractivity contribution in [3.8, 4) is 5.75 Å². The molecule has 0 fully saturated rings. The molecule has 3 amide bonds. The van der Waals surface area contributed by atoms with Crippen molar-refractivity contribution in [3.05, 3.63) is 64.2 Å². The van der Waals surface area contributed by atoms with Crippen molar-refractivity contribution in [2.45, 2.75) is 32.0 Å². The number of rotatable bonds is 10. The van der Waals surface area contributed by atoms with Crippen LogP contribution in [0.3, 0.4) is 0 Å². The summed E-state index contributed by atoms with van der Waals surface area (Å²) < 4.78 is 0. The van der Waals surface area contributed by atoms with E-state index in [9.17, 15) is 29.4 Å². The predicted octanol–water partition coefficient (Wildman–Crippen LogP) is 1.01. The quantitative estimate of drug-likeness (QED) is 0.297. The van der Waals surface area contributed by atoms with Gasteiger partial charge in [0.15, 0.2) is 0 Å². The molecule has 0 bridgehead atoms. The van der Waals surface area contributed by atoms with Crippen LogP contribution in [-0.2, 0) is 16.1 Å². The number of hydrogen-bond acceptors (Lipinski definition) is 6. The number of phenols is 1. The summed E-state index contributed by atoms with van der Waals surface area (Å²) in [7, 11) is 0. The number of halogens is 1. The number of carbonyl (C=O) groups is 4. The standard InChI is InChI=1S/C22H25ClN4O6/c1-12(24)7-19(29)25-11-18(22(32)33)27-21(31)16-6-5-14(9-17(16)23)20(30)26-10-13-3-2-4-15(28)8-13/h2-6,8-9,12,18,28H,7,10-11,24H2,1H3,(H,25,29)(H,26,30)(H,27,31)(H,32,33)/t12?,18-/m0/s1. The minimum Gasteiger partial charge on any atom is -0.508 e. The molecule has 0 aromatic heterocycles. The first-order valence-corrected chi connectivity index (χ1v) is 10.4. The molecule has 0 spiro atoms. The van der Waals surface area contributed by atoms with Gasteiger partial charge in [0.25, 0.3) is 11.8 Å². The van der Waals surface area contributed by atoms with Crippen LogP contribution in [-0.4, -0.2) is 52.5 Å². The van der Waals surface area contributed by atoms with Gasteiger partial charge in [0, 0.05) is 31.1 Å². The maximum atomic E-state index is 12.5. The summed E-state index contributed by atoms with van der Waals surface area (Å²) in [6.45, 7) is 1.47. The molecule has 0 saturated heterocycles. The first-order chi connectivity index (χ1) is 15.6. The number of aliphatic carboxylic acids is 1. The smallest absolute Gasteiger partial charge is 0.328 e. The topological polar surface area (TPSA) is 171 Å². The van der Waals surface area contributed by atoms with Crippen LogP contribution in [0, 0.1) is 0 Å². The zero-order valence-corrected chi connectivity index (χ0v) is 18.6. The number of hydrogen-bond donors (Lipinski definition) is 6. The fourth-order valence-corrected chi connectivity index (χ4v) is 3.07. The van der Waals surface area contributed by atoms with E-state index >= 15 is 0 Å². The summed E-state index contributed by atoms with van der Waals surface area (Å²) in [5.74, 6) is -2.94. The second-order valence-electron chi connectivity index (χ2n) is 7.40. The van der Waals surface area contributed by atoms with Crippen LogP contribution in [0.4, 0.5) is 0 Å². The average molecular weight is 477 g/mol. The van der Waals surface area contributed by atoms with Gasteiger partial charge in [0.1, 0.15) is 11.8 Å². The van der Waals surface area contributed by atoms with Gasteiger partial charge < -0.3 is 31.9 Å². The number of benzene rings is 2. The highest BCUT2D eigenvalue weighted by Crippen LogP contribution is 2.18. The van der Waals surface area contributed by atoms with E-state index in [1.54, 1.807) is 19.1 Å². The molecule has 33 heavy (non-hydrogen) atoms. The molecule has 2 aromatic rings. The lowest BCUT2D eigenvalue weighted by atomic mass is 10.1. The molecule has 11 heteroatoms. The molecule has 0 heterocycles. The van der Waals surface area contributed by atoms with Gasteiger partial charge in [-0.25, -0.2) is 4.79 Å². The summed E-state index contributed by atoms with van der Waals surface area (Å²) in [5, 5.41) is 26.1. The Bertz CT molecular complexity index is 1040. The first kappa shape index (κ1) is 25.6. The van der Waals surface area contributed by atoms with Gasteiger partial charge in [0.2, 0.25) is 5.91 Å². The maximum Gasteiger partial charge on any atom is 0.328 e. The van der Waals surface area contributed by atoms with Gasteiger partial charge in [-0.05, 0) is 42.8 Å². The fourth-order valence-electron chi connectivity index (χ4n) is 2.81. The third-order valence-corrected chi connectivity index (χ3v) is 4.77. The summed E-state index contributed by atoms with van der Waals surface area (Å²) in [6.07, 6.45) is 0.0150. The van der Waals surface area contributed by atoms with E-state index in [1.165, 1.54) is 30.3 Å². The van der Waals surface area contributed by atoms with Gasteiger partial charge >= 0.3 is 5.97 Å². The molecule has 176 valence electrons. The number of nitrogens with two attached hydrogens (primary N) is 1. The summed E-state index contributed by atoms with van der Waals surface area (Å²) in [6, 6.07) is 8.58. The van der Waals surface area contributed by atoms with Crippen LogP contribution in [0.5, 0.6) is 5.75 Å². The largest absolute Gasteiger partial charge is 0.508 e. The molecule has 0 aliphatic heterocycles. The highest BCUT2D eigenvalue weighted by Gasteiger charge is 2.23. The molecular formula is C22H25ClN4O6. The Morgan fingerprint density at radius 2 is 1.79 bits per heavy atom. The van der Waals surface area contributed by atoms with Gasteiger partial charge in [-0.3, -0.25) is 14.4 Å². The van der Waals surface area contributed by atoms with E-state index in [4.69, 9.17) is 17.3 Å². The Morgan fingerprint density at radius 3 is 2.39 bits per heavy atom. The Morgan fingerprint density at radius 1 is 1.06 bits per heavy atom. The van der Waals surface area contributed by atoms with E-state index in [2.05, 4.69) is 16.0 Å². The van der Waals surface area contributed by atoms with Crippen LogP contribution < -0.4 is 21.7 Å². The monoisotopic (exact) mass is 476 g/mol. The lowest BCUT2D eigenvalue weighted by Gasteiger charge is -2.16. The number of nitrogens with one attached hydrogen (secondary N) is 3. The normalized spacial score (nSPS) is 12.3. The maximum absolute atomic E-state index is 12.5. The van der Waals surface area contributed by atoms with E-state index < -0.39 is 35.8 Å². The molecule has 1 unspecified atom stereocenters. The minimum atomic E-state index is -1.39. The van der Waals surface area contributed by atoms with E-state index in [-0.39, 0.29) is 41.4 Å². The van der Waals surface area contributed by atoms with Crippen molar-refractivity contribution < 1.29 is 29.4 Å². The second kappa shape index (κ2) is 11.8. The fraction of sp³-hybridized carbons (Fsp3) is 0.273. The van der Waals surface area contributed by atoms with Crippen molar-refractivity contribution >= 4 is 35.3 Å². The average Bonchev–Trinajstić information content (AvgIpc) is 2.74. The van der Waals surface area contributed by atoms with E-state index in [0.29, 0.717) is 5.56 Å². The van der Waals surface area contributed by atoms with Gasteiger partial charge in [0.05, 0.1) is 10.6 Å². The van der Waals surface area contributed by atoms with Crippen LogP contribution in [0.25, 0.3) is 0 Å². The highest BCUT2D eigenvalue weighted by atomic mass is 35.5. The number of phenolic OH excluding ortho intramolecular Hbond substituents is 1. The van der Waals surface area contributed by atoms with Crippen LogP contribution in [0.15, 0.2) is 42.5 Å². The Balaban J connectivity index is 2.00. The SMILES string of the molecule is CC(N)CC(=O)NC[C@H](NC(=O)c1ccc(C(=O)NCc2cccc(O)c2)cc1Cl)C(=O)O. The van der Waals surface area contributed by atoms with Crippen LogP contribution >= 0.6 is 11.6 Å². The molecule has 2 aromatic carbocycles. The molecule has 0 aliphatic carbocycles.